The Balaban J connectivity index is 1.73. The second kappa shape index (κ2) is 9.06. The predicted octanol–water partition coefficient (Wildman–Crippen LogP) is 4.54. The van der Waals surface area contributed by atoms with E-state index in [0.717, 1.165) is 16.7 Å². The van der Waals surface area contributed by atoms with E-state index in [2.05, 4.69) is 60.6 Å². The number of aryl methyl sites for hydroxylation is 1. The Hall–Kier alpha value is -2.60. The maximum absolute atomic E-state index is 12.6. The van der Waals surface area contributed by atoms with Gasteiger partial charge in [0.2, 0.25) is 0 Å². The number of benzene rings is 2. The molecule has 0 spiro atoms. The molecule has 2 aromatic carbocycles. The maximum atomic E-state index is 12.6. The van der Waals surface area contributed by atoms with Crippen LogP contribution in [0.2, 0.25) is 0 Å². The number of hydrogen-bond acceptors (Lipinski definition) is 4. The van der Waals surface area contributed by atoms with Crippen molar-refractivity contribution in [3.05, 3.63) is 77.1 Å². The van der Waals surface area contributed by atoms with E-state index in [0.29, 0.717) is 5.56 Å². The van der Waals surface area contributed by atoms with E-state index in [1.165, 1.54) is 11.1 Å². The molecule has 1 amide bonds. The van der Waals surface area contributed by atoms with E-state index >= 15 is 0 Å². The van der Waals surface area contributed by atoms with E-state index in [1.807, 2.05) is 41.9 Å². The van der Waals surface area contributed by atoms with Gasteiger partial charge in [0.15, 0.2) is 11.0 Å². The zero-order valence-corrected chi connectivity index (χ0v) is 17.5. The van der Waals surface area contributed by atoms with Crippen LogP contribution in [-0.2, 0) is 12.8 Å². The topological polar surface area (TPSA) is 59.8 Å². The summed E-state index contributed by atoms with van der Waals surface area (Å²) in [7, 11) is 1.96. The van der Waals surface area contributed by atoms with Crippen LogP contribution in [0, 0.1) is 12.8 Å². The molecule has 1 atom stereocenters. The van der Waals surface area contributed by atoms with Gasteiger partial charge in [-0.05, 0) is 30.5 Å². The lowest BCUT2D eigenvalue weighted by Gasteiger charge is -2.21. The molecule has 0 saturated heterocycles. The lowest BCUT2D eigenvalue weighted by molar-refractivity contribution is 0.0922. The van der Waals surface area contributed by atoms with Gasteiger partial charge in [0.05, 0.1) is 6.04 Å². The van der Waals surface area contributed by atoms with Crippen molar-refractivity contribution < 1.29 is 4.79 Å². The van der Waals surface area contributed by atoms with Crippen LogP contribution in [-0.4, -0.2) is 20.7 Å². The molecule has 3 aromatic rings. The highest BCUT2D eigenvalue weighted by Crippen LogP contribution is 2.26. The molecule has 1 aromatic heterocycles. The standard InChI is InChI=1S/C22H26N4OS/c1-15(2)19(23-21(27)18-8-6-5-7-9-18)20-24-25-22(26(20)4)28-14-17-12-10-16(3)11-13-17/h5-13,15,19H,14H2,1-4H3,(H,23,27)/t19-/m1/s1. The second-order valence-corrected chi connectivity index (χ2v) is 8.18. The number of rotatable bonds is 7. The van der Waals surface area contributed by atoms with Crippen LogP contribution in [0.3, 0.4) is 0 Å². The summed E-state index contributed by atoms with van der Waals surface area (Å²) in [6, 6.07) is 17.5. The SMILES string of the molecule is Cc1ccc(CSc2nnc([C@H](NC(=O)c3ccccc3)C(C)C)n2C)cc1. The molecular formula is C22H26N4OS. The number of amides is 1. The molecule has 0 fully saturated rings. The Morgan fingerprint density at radius 3 is 2.39 bits per heavy atom. The van der Waals surface area contributed by atoms with Crippen LogP contribution in [0.4, 0.5) is 0 Å². The third kappa shape index (κ3) is 4.81. The fourth-order valence-electron chi connectivity index (χ4n) is 2.90. The molecule has 0 saturated carbocycles. The summed E-state index contributed by atoms with van der Waals surface area (Å²) in [5.41, 5.74) is 3.14. The lowest BCUT2D eigenvalue weighted by Crippen LogP contribution is -2.33. The van der Waals surface area contributed by atoms with Crippen molar-refractivity contribution in [3.8, 4) is 0 Å². The first kappa shape index (κ1) is 20.1. The largest absolute Gasteiger partial charge is 0.342 e. The van der Waals surface area contributed by atoms with Gasteiger partial charge >= 0.3 is 0 Å². The van der Waals surface area contributed by atoms with E-state index in [9.17, 15) is 4.79 Å². The zero-order chi connectivity index (χ0) is 20.1. The van der Waals surface area contributed by atoms with E-state index in [4.69, 9.17) is 0 Å². The Bertz CT molecular complexity index is 919. The van der Waals surface area contributed by atoms with Gasteiger partial charge in [-0.3, -0.25) is 4.79 Å². The van der Waals surface area contributed by atoms with Crippen LogP contribution in [0.5, 0.6) is 0 Å². The second-order valence-electron chi connectivity index (χ2n) is 7.24. The first-order valence-electron chi connectivity index (χ1n) is 9.39. The number of carbonyl (C=O) groups is 1. The molecule has 5 nitrogen and oxygen atoms in total. The fourth-order valence-corrected chi connectivity index (χ4v) is 3.77. The highest BCUT2D eigenvalue weighted by molar-refractivity contribution is 7.98. The van der Waals surface area contributed by atoms with Gasteiger partial charge in [-0.25, -0.2) is 0 Å². The number of aromatic nitrogens is 3. The average molecular weight is 395 g/mol. The molecule has 1 heterocycles. The Kier molecular flexibility index (Phi) is 6.52. The van der Waals surface area contributed by atoms with E-state index < -0.39 is 0 Å². The highest BCUT2D eigenvalue weighted by Gasteiger charge is 2.25. The molecular weight excluding hydrogens is 368 g/mol. The number of carbonyl (C=O) groups excluding carboxylic acids is 1. The van der Waals surface area contributed by atoms with Crippen LogP contribution in [0.25, 0.3) is 0 Å². The summed E-state index contributed by atoms with van der Waals surface area (Å²) in [5, 5.41) is 12.7. The summed E-state index contributed by atoms with van der Waals surface area (Å²) in [5.74, 6) is 1.68. The van der Waals surface area contributed by atoms with Crippen molar-refractivity contribution in [1.82, 2.24) is 20.1 Å². The van der Waals surface area contributed by atoms with Crippen molar-refractivity contribution in [2.75, 3.05) is 0 Å². The number of nitrogens with zero attached hydrogens (tertiary/aromatic N) is 3. The first-order chi connectivity index (χ1) is 13.5. The Morgan fingerprint density at radius 1 is 1.07 bits per heavy atom. The zero-order valence-electron chi connectivity index (χ0n) is 16.7. The predicted molar refractivity (Wildman–Crippen MR) is 113 cm³/mol. The van der Waals surface area contributed by atoms with Crippen LogP contribution in [0.15, 0.2) is 59.8 Å². The summed E-state index contributed by atoms with van der Waals surface area (Å²) in [6.07, 6.45) is 0. The molecule has 146 valence electrons. The summed E-state index contributed by atoms with van der Waals surface area (Å²) in [4.78, 5) is 12.6. The van der Waals surface area contributed by atoms with Gasteiger partial charge in [-0.1, -0.05) is 73.6 Å². The maximum Gasteiger partial charge on any atom is 0.251 e. The van der Waals surface area contributed by atoms with Crippen molar-refractivity contribution >= 4 is 17.7 Å². The Labute approximate surface area is 170 Å². The molecule has 0 unspecified atom stereocenters. The van der Waals surface area contributed by atoms with Crippen molar-refractivity contribution in [1.29, 1.82) is 0 Å². The Morgan fingerprint density at radius 2 is 1.75 bits per heavy atom. The molecule has 28 heavy (non-hydrogen) atoms. The van der Waals surface area contributed by atoms with Gasteiger partial charge in [-0.15, -0.1) is 10.2 Å². The van der Waals surface area contributed by atoms with Gasteiger partial charge in [0, 0.05) is 18.4 Å². The van der Waals surface area contributed by atoms with E-state index in [1.54, 1.807) is 11.8 Å². The molecule has 0 aliphatic carbocycles. The van der Waals surface area contributed by atoms with Crippen LogP contribution < -0.4 is 5.32 Å². The number of thioether (sulfide) groups is 1. The molecule has 0 aliphatic rings. The van der Waals surface area contributed by atoms with Crippen molar-refractivity contribution in [2.45, 2.75) is 37.7 Å². The molecule has 6 heteroatoms. The number of nitrogens with one attached hydrogen (secondary N) is 1. The lowest BCUT2D eigenvalue weighted by atomic mass is 10.0. The molecule has 0 aliphatic heterocycles. The van der Waals surface area contributed by atoms with Gasteiger partial charge in [0.1, 0.15) is 0 Å². The summed E-state index contributed by atoms with van der Waals surface area (Å²) in [6.45, 7) is 6.23. The fraction of sp³-hybridized carbons (Fsp3) is 0.318. The minimum absolute atomic E-state index is 0.101. The quantitative estimate of drug-likeness (QED) is 0.598. The van der Waals surface area contributed by atoms with Crippen LogP contribution >= 0.6 is 11.8 Å². The van der Waals surface area contributed by atoms with Crippen molar-refractivity contribution in [3.63, 3.8) is 0 Å². The van der Waals surface area contributed by atoms with Crippen LogP contribution in [0.1, 0.15) is 47.2 Å². The average Bonchev–Trinajstić information content (AvgIpc) is 3.06. The summed E-state index contributed by atoms with van der Waals surface area (Å²) >= 11 is 1.65. The third-order valence-corrected chi connectivity index (χ3v) is 5.72. The monoisotopic (exact) mass is 394 g/mol. The molecule has 1 N–H and O–H groups in total. The minimum atomic E-state index is -0.209. The molecule has 0 radical (unpaired) electrons. The van der Waals surface area contributed by atoms with Gasteiger partial charge in [0.25, 0.3) is 5.91 Å². The first-order valence-corrected chi connectivity index (χ1v) is 10.4. The molecule has 0 bridgehead atoms. The van der Waals surface area contributed by atoms with E-state index in [-0.39, 0.29) is 17.9 Å². The van der Waals surface area contributed by atoms with Gasteiger partial charge < -0.3 is 9.88 Å². The minimum Gasteiger partial charge on any atom is -0.342 e. The smallest absolute Gasteiger partial charge is 0.251 e. The van der Waals surface area contributed by atoms with Gasteiger partial charge in [-0.2, -0.15) is 0 Å². The highest BCUT2D eigenvalue weighted by atomic mass is 32.2. The van der Waals surface area contributed by atoms with Crippen molar-refractivity contribution in [2.24, 2.45) is 13.0 Å². The molecule has 3 rings (SSSR count). The normalized spacial score (nSPS) is 12.2. The number of hydrogen-bond donors (Lipinski definition) is 1. The third-order valence-electron chi connectivity index (χ3n) is 4.62. The summed E-state index contributed by atoms with van der Waals surface area (Å²) < 4.78 is 1.98.